The summed E-state index contributed by atoms with van der Waals surface area (Å²) in [6.45, 7) is 2.57. The first-order valence-electron chi connectivity index (χ1n) is 8.97. The Morgan fingerprint density at radius 3 is 2.71 bits per heavy atom. The zero-order chi connectivity index (χ0) is 19.8. The van der Waals surface area contributed by atoms with Gasteiger partial charge in [0.05, 0.1) is 12.8 Å². The van der Waals surface area contributed by atoms with Gasteiger partial charge in [-0.2, -0.15) is 5.10 Å². The third-order valence-corrected chi connectivity index (χ3v) is 3.87. The maximum atomic E-state index is 9.94. The summed E-state index contributed by atoms with van der Waals surface area (Å²) in [5.74, 6) is 1.45. The number of aromatic nitrogens is 1. The second-order valence-corrected chi connectivity index (χ2v) is 6.05. The molecule has 0 radical (unpaired) electrons. The third kappa shape index (κ3) is 5.20. The van der Waals surface area contributed by atoms with Gasteiger partial charge >= 0.3 is 0 Å². The molecule has 0 aliphatic carbocycles. The van der Waals surface area contributed by atoms with E-state index in [-0.39, 0.29) is 5.75 Å². The smallest absolute Gasteiger partial charge is 0.178 e. The fourth-order valence-electron chi connectivity index (χ4n) is 2.51. The topological polar surface area (TPSA) is 79.1 Å². The number of benzene rings is 2. The van der Waals surface area contributed by atoms with Crippen LogP contribution >= 0.6 is 0 Å². The highest BCUT2D eigenvalue weighted by molar-refractivity contribution is 6.32. The van der Waals surface area contributed by atoms with Crippen LogP contribution in [0.3, 0.4) is 0 Å². The molecule has 2 aromatic carbocycles. The highest BCUT2D eigenvalue weighted by Gasteiger charge is 2.06. The first kappa shape index (κ1) is 19.2. The number of amidine groups is 1. The van der Waals surface area contributed by atoms with Gasteiger partial charge in [-0.25, -0.2) is 0 Å². The molecule has 2 N–H and O–H groups in total. The predicted octanol–water partition coefficient (Wildman–Crippen LogP) is 2.34. The summed E-state index contributed by atoms with van der Waals surface area (Å²) < 4.78 is 5.47. The molecular weight excluding hydrogens is 351 g/mol. The lowest BCUT2D eigenvalue weighted by Crippen LogP contribution is -2.14. The molecule has 0 unspecified atom stereocenters. The molecule has 1 aromatic heterocycles. The summed E-state index contributed by atoms with van der Waals surface area (Å²) in [6, 6.07) is 18.5. The van der Waals surface area contributed by atoms with E-state index in [0.717, 1.165) is 16.9 Å². The lowest BCUT2D eigenvalue weighted by Gasteiger charge is -2.09. The number of aromatic hydroxyl groups is 1. The molecule has 28 heavy (non-hydrogen) atoms. The third-order valence-electron chi connectivity index (χ3n) is 3.87. The van der Waals surface area contributed by atoms with E-state index in [4.69, 9.17) is 4.74 Å². The summed E-state index contributed by atoms with van der Waals surface area (Å²) >= 11 is 0. The van der Waals surface area contributed by atoms with Crippen LogP contribution in [0.5, 0.6) is 11.5 Å². The van der Waals surface area contributed by atoms with Crippen molar-refractivity contribution in [2.45, 2.75) is 6.92 Å². The lowest BCUT2D eigenvalue weighted by molar-refractivity contribution is 0.340. The molecule has 0 aliphatic heterocycles. The van der Waals surface area contributed by atoms with Crippen molar-refractivity contribution in [2.75, 3.05) is 11.9 Å². The summed E-state index contributed by atoms with van der Waals surface area (Å²) in [5, 5.41) is 21.6. The second kappa shape index (κ2) is 9.37. The molecule has 7 heteroatoms. The van der Waals surface area contributed by atoms with Gasteiger partial charge in [-0.3, -0.25) is 4.98 Å². The van der Waals surface area contributed by atoms with E-state index in [2.05, 4.69) is 20.5 Å². The zero-order valence-corrected chi connectivity index (χ0v) is 15.8. The van der Waals surface area contributed by atoms with Crippen molar-refractivity contribution < 1.29 is 9.84 Å². The summed E-state index contributed by atoms with van der Waals surface area (Å²) in [5.41, 5.74) is 3.12. The number of hydrogen-bond donors (Lipinski definition) is 2. The molecule has 1 heterocycles. The van der Waals surface area contributed by atoms with E-state index in [1.54, 1.807) is 12.3 Å². The Balaban J connectivity index is 1.85. The summed E-state index contributed by atoms with van der Waals surface area (Å²) in [6.07, 6.45) is 3.21. The average Bonchev–Trinajstić information content (AvgIpc) is 2.72. The Kier molecular flexibility index (Phi) is 6.41. The monoisotopic (exact) mass is 372 g/mol. The molecule has 0 fully saturated rings. The van der Waals surface area contributed by atoms with Crippen LogP contribution in [-0.2, 0) is 0 Å². The predicted molar refractivity (Wildman–Crippen MR) is 116 cm³/mol. The number of phenols is 1. The minimum Gasteiger partial charge on any atom is -0.507 e. The van der Waals surface area contributed by atoms with Crippen LogP contribution in [0, 0.1) is 0 Å². The molecule has 6 nitrogen and oxygen atoms in total. The van der Waals surface area contributed by atoms with Crippen LogP contribution in [0.15, 0.2) is 77.1 Å². The van der Waals surface area contributed by atoms with E-state index < -0.39 is 0 Å². The van der Waals surface area contributed by atoms with Crippen LogP contribution in [0.25, 0.3) is 0 Å². The highest BCUT2D eigenvalue weighted by Crippen LogP contribution is 2.17. The quantitative estimate of drug-likeness (QED) is 0.301. The molecule has 0 spiro atoms. The SMILES string of the molecule is Bc1ccc(O)c(/C=N/N=C(\Nc2ccc(OCC)cc2)c2ccccn2)c1. The number of ether oxygens (including phenoxy) is 1. The van der Waals surface area contributed by atoms with E-state index >= 15 is 0 Å². The fourth-order valence-corrected chi connectivity index (χ4v) is 2.51. The largest absolute Gasteiger partial charge is 0.507 e. The number of anilines is 1. The van der Waals surface area contributed by atoms with Gasteiger partial charge in [0, 0.05) is 17.4 Å². The van der Waals surface area contributed by atoms with Gasteiger partial charge < -0.3 is 15.2 Å². The Hall–Kier alpha value is -3.61. The minimum atomic E-state index is 0.156. The molecule has 3 aromatic rings. The molecular formula is C21H21BN4O2. The minimum absolute atomic E-state index is 0.156. The standard InChI is InChI=1S/C21H21BN4O2/c1-2-28-18-9-7-17(8-10-18)25-21(19-5-3-4-12-23-19)26-24-14-15-13-16(22)6-11-20(15)27/h3-14,27H,2,22H2,1H3,(H,25,26)/b24-14+. The van der Waals surface area contributed by atoms with Gasteiger partial charge in [0.2, 0.25) is 0 Å². The normalized spacial score (nSPS) is 11.5. The van der Waals surface area contributed by atoms with Gasteiger partial charge in [0.25, 0.3) is 0 Å². The van der Waals surface area contributed by atoms with Crippen molar-refractivity contribution in [3.8, 4) is 11.5 Å². The maximum absolute atomic E-state index is 9.94. The van der Waals surface area contributed by atoms with Crippen molar-refractivity contribution in [2.24, 2.45) is 10.2 Å². The lowest BCUT2D eigenvalue weighted by atomic mass is 9.94. The molecule has 140 valence electrons. The summed E-state index contributed by atoms with van der Waals surface area (Å²) in [4.78, 5) is 4.34. The fraction of sp³-hybridized carbons (Fsp3) is 0.0952. The van der Waals surface area contributed by atoms with Gasteiger partial charge in [0.1, 0.15) is 25.0 Å². The summed E-state index contributed by atoms with van der Waals surface area (Å²) in [7, 11) is 1.95. The number of phenolic OH excluding ortho intramolecular Hbond substituents is 1. The molecule has 0 amide bonds. The first-order valence-corrected chi connectivity index (χ1v) is 8.97. The van der Waals surface area contributed by atoms with E-state index in [0.29, 0.717) is 23.7 Å². The van der Waals surface area contributed by atoms with Crippen molar-refractivity contribution in [3.05, 3.63) is 78.1 Å². The molecule has 0 aliphatic rings. The van der Waals surface area contributed by atoms with Crippen LogP contribution < -0.4 is 15.5 Å². The van der Waals surface area contributed by atoms with Crippen molar-refractivity contribution in [3.63, 3.8) is 0 Å². The van der Waals surface area contributed by atoms with E-state index in [1.165, 1.54) is 6.21 Å². The van der Waals surface area contributed by atoms with Crippen LogP contribution in [-0.4, -0.2) is 36.6 Å². The molecule has 0 saturated carbocycles. The van der Waals surface area contributed by atoms with Crippen LogP contribution in [0.2, 0.25) is 0 Å². The molecule has 3 rings (SSSR count). The van der Waals surface area contributed by atoms with Gasteiger partial charge in [-0.05, 0) is 49.4 Å². The number of rotatable bonds is 6. The number of hydrogen-bond acceptors (Lipinski definition) is 5. The van der Waals surface area contributed by atoms with E-state index in [1.807, 2.05) is 69.4 Å². The molecule has 0 bridgehead atoms. The number of pyridine rings is 1. The molecule has 0 atom stereocenters. The van der Waals surface area contributed by atoms with Crippen LogP contribution in [0.4, 0.5) is 5.69 Å². The Morgan fingerprint density at radius 1 is 1.18 bits per heavy atom. The Labute approximate surface area is 165 Å². The van der Waals surface area contributed by atoms with Gasteiger partial charge in [-0.1, -0.05) is 23.7 Å². The number of nitrogens with zero attached hydrogens (tertiary/aromatic N) is 3. The molecule has 0 saturated heterocycles. The van der Waals surface area contributed by atoms with Crippen molar-refractivity contribution in [1.29, 1.82) is 0 Å². The van der Waals surface area contributed by atoms with E-state index in [9.17, 15) is 5.11 Å². The van der Waals surface area contributed by atoms with Gasteiger partial charge in [-0.15, -0.1) is 5.10 Å². The van der Waals surface area contributed by atoms with Crippen LogP contribution in [0.1, 0.15) is 18.2 Å². The Morgan fingerprint density at radius 2 is 2.00 bits per heavy atom. The second-order valence-electron chi connectivity index (χ2n) is 6.05. The average molecular weight is 372 g/mol. The number of nitrogens with one attached hydrogen (secondary N) is 1. The maximum Gasteiger partial charge on any atom is 0.178 e. The van der Waals surface area contributed by atoms with Gasteiger partial charge in [0.15, 0.2) is 5.84 Å². The van der Waals surface area contributed by atoms with Crippen molar-refractivity contribution in [1.82, 2.24) is 4.98 Å². The highest BCUT2D eigenvalue weighted by atomic mass is 16.5. The Bertz CT molecular complexity index is 973. The first-order chi connectivity index (χ1) is 13.7. The van der Waals surface area contributed by atoms with Crippen molar-refractivity contribution >= 4 is 31.0 Å². The zero-order valence-electron chi connectivity index (χ0n) is 15.8.